The molecule has 2 aromatic rings. The van der Waals surface area contributed by atoms with Crippen molar-refractivity contribution in [3.8, 4) is 11.5 Å². The molecule has 0 aliphatic heterocycles. The molecule has 4 nitrogen and oxygen atoms in total. The summed E-state index contributed by atoms with van der Waals surface area (Å²) in [5.74, 6) is -0.442. The normalized spacial score (nSPS) is 10.3. The number of phenolic OH excluding ortho intramolecular Hbond substituents is 2. The average Bonchev–Trinajstić information content (AvgIpc) is 2.39. The monoisotopic (exact) mass is 291 g/mol. The third-order valence-electron chi connectivity index (χ3n) is 2.89. The van der Waals surface area contributed by atoms with Crippen molar-refractivity contribution in [2.75, 3.05) is 11.4 Å². The van der Waals surface area contributed by atoms with Crippen LogP contribution in [-0.4, -0.2) is 22.7 Å². The van der Waals surface area contributed by atoms with Crippen LogP contribution in [0.2, 0.25) is 5.02 Å². The number of halogens is 1. The number of hydrogen-bond donors (Lipinski definition) is 2. The van der Waals surface area contributed by atoms with Gasteiger partial charge in [-0.2, -0.15) is 0 Å². The van der Waals surface area contributed by atoms with Gasteiger partial charge in [0.2, 0.25) is 0 Å². The first-order chi connectivity index (χ1) is 9.52. The summed E-state index contributed by atoms with van der Waals surface area (Å²) < 4.78 is 0. The Balaban J connectivity index is 2.39. The highest BCUT2D eigenvalue weighted by molar-refractivity contribution is 6.31. The van der Waals surface area contributed by atoms with E-state index < -0.39 is 0 Å². The highest BCUT2D eigenvalue weighted by Gasteiger charge is 2.19. The molecule has 0 aliphatic rings. The number of benzene rings is 2. The minimum absolute atomic E-state index is 0.0779. The highest BCUT2D eigenvalue weighted by atomic mass is 35.5. The standard InChI is InChI=1S/C15H14ClNO3/c1-2-17(11-4-3-5-12(18)9-11)15(20)13-7-6-10(16)8-14(13)19/h3-9,18-19H,2H2,1H3. The molecule has 0 bridgehead atoms. The Bertz CT molecular complexity index is 643. The van der Waals surface area contributed by atoms with Gasteiger partial charge in [-0.1, -0.05) is 17.7 Å². The molecule has 0 aliphatic carbocycles. The Hall–Kier alpha value is -2.20. The van der Waals surface area contributed by atoms with E-state index >= 15 is 0 Å². The first kappa shape index (κ1) is 14.2. The van der Waals surface area contributed by atoms with Crippen LogP contribution in [0.5, 0.6) is 11.5 Å². The van der Waals surface area contributed by atoms with Crippen LogP contribution in [0.15, 0.2) is 42.5 Å². The lowest BCUT2D eigenvalue weighted by molar-refractivity contribution is 0.0986. The molecule has 0 saturated carbocycles. The average molecular weight is 292 g/mol. The lowest BCUT2D eigenvalue weighted by atomic mass is 10.1. The second-order valence-corrected chi connectivity index (χ2v) is 4.67. The van der Waals surface area contributed by atoms with Crippen LogP contribution >= 0.6 is 11.6 Å². The van der Waals surface area contributed by atoms with Crippen molar-refractivity contribution in [2.24, 2.45) is 0 Å². The lowest BCUT2D eigenvalue weighted by Crippen LogP contribution is -2.30. The summed E-state index contributed by atoms with van der Waals surface area (Å²) in [6, 6.07) is 10.7. The maximum Gasteiger partial charge on any atom is 0.262 e. The summed E-state index contributed by atoms with van der Waals surface area (Å²) in [4.78, 5) is 13.9. The molecule has 5 heteroatoms. The molecule has 0 saturated heterocycles. The fourth-order valence-electron chi connectivity index (χ4n) is 1.94. The molecule has 0 unspecified atom stereocenters. The first-order valence-corrected chi connectivity index (χ1v) is 6.50. The van der Waals surface area contributed by atoms with Gasteiger partial charge in [0.25, 0.3) is 5.91 Å². The number of anilines is 1. The zero-order valence-corrected chi connectivity index (χ0v) is 11.6. The molecule has 1 amide bonds. The second-order valence-electron chi connectivity index (χ2n) is 4.23. The van der Waals surface area contributed by atoms with Crippen LogP contribution in [0.25, 0.3) is 0 Å². The molecular weight excluding hydrogens is 278 g/mol. The predicted molar refractivity (Wildman–Crippen MR) is 78.6 cm³/mol. The summed E-state index contributed by atoms with van der Waals surface area (Å²) in [5, 5.41) is 19.7. The van der Waals surface area contributed by atoms with Gasteiger partial charge in [0.05, 0.1) is 5.56 Å². The van der Waals surface area contributed by atoms with Crippen molar-refractivity contribution in [3.05, 3.63) is 53.1 Å². The molecule has 104 valence electrons. The van der Waals surface area contributed by atoms with E-state index in [0.29, 0.717) is 17.3 Å². The zero-order valence-electron chi connectivity index (χ0n) is 10.9. The fraction of sp³-hybridized carbons (Fsp3) is 0.133. The molecule has 0 radical (unpaired) electrons. The highest BCUT2D eigenvalue weighted by Crippen LogP contribution is 2.26. The van der Waals surface area contributed by atoms with Gasteiger partial charge in [0.15, 0.2) is 0 Å². The summed E-state index contributed by atoms with van der Waals surface area (Å²) in [6.07, 6.45) is 0. The SMILES string of the molecule is CCN(C(=O)c1ccc(Cl)cc1O)c1cccc(O)c1. The Morgan fingerprint density at radius 1 is 1.20 bits per heavy atom. The Morgan fingerprint density at radius 3 is 2.55 bits per heavy atom. The number of hydrogen-bond acceptors (Lipinski definition) is 3. The molecule has 2 N–H and O–H groups in total. The topological polar surface area (TPSA) is 60.8 Å². The van der Waals surface area contributed by atoms with Crippen LogP contribution < -0.4 is 4.90 Å². The van der Waals surface area contributed by atoms with Crippen molar-refractivity contribution < 1.29 is 15.0 Å². The van der Waals surface area contributed by atoms with Crippen LogP contribution in [0.3, 0.4) is 0 Å². The summed E-state index contributed by atoms with van der Waals surface area (Å²) in [5.41, 5.74) is 0.728. The number of nitrogens with zero attached hydrogens (tertiary/aromatic N) is 1. The lowest BCUT2D eigenvalue weighted by Gasteiger charge is -2.21. The summed E-state index contributed by atoms with van der Waals surface area (Å²) >= 11 is 5.75. The molecule has 20 heavy (non-hydrogen) atoms. The molecule has 0 spiro atoms. The van der Waals surface area contributed by atoms with Crippen molar-refractivity contribution in [3.63, 3.8) is 0 Å². The van der Waals surface area contributed by atoms with E-state index in [9.17, 15) is 15.0 Å². The van der Waals surface area contributed by atoms with E-state index in [2.05, 4.69) is 0 Å². The molecule has 0 aromatic heterocycles. The van der Waals surface area contributed by atoms with E-state index in [1.54, 1.807) is 18.2 Å². The maximum absolute atomic E-state index is 12.5. The van der Waals surface area contributed by atoms with Crippen LogP contribution in [0, 0.1) is 0 Å². The first-order valence-electron chi connectivity index (χ1n) is 6.12. The number of phenols is 2. The molecule has 0 heterocycles. The second kappa shape index (κ2) is 5.84. The van der Waals surface area contributed by atoms with Gasteiger partial charge in [0, 0.05) is 23.3 Å². The Kier molecular flexibility index (Phi) is 4.15. The van der Waals surface area contributed by atoms with E-state index in [-0.39, 0.29) is 23.0 Å². The maximum atomic E-state index is 12.5. The molecule has 2 rings (SSSR count). The van der Waals surface area contributed by atoms with Crippen molar-refractivity contribution in [1.29, 1.82) is 0 Å². The van der Waals surface area contributed by atoms with Gasteiger partial charge in [0.1, 0.15) is 11.5 Å². The van der Waals surface area contributed by atoms with Gasteiger partial charge in [-0.15, -0.1) is 0 Å². The van der Waals surface area contributed by atoms with E-state index in [1.165, 1.54) is 29.2 Å². The largest absolute Gasteiger partial charge is 0.508 e. The minimum Gasteiger partial charge on any atom is -0.508 e. The molecule has 0 atom stereocenters. The van der Waals surface area contributed by atoms with Crippen molar-refractivity contribution in [1.82, 2.24) is 0 Å². The number of carbonyl (C=O) groups is 1. The Morgan fingerprint density at radius 2 is 1.95 bits per heavy atom. The predicted octanol–water partition coefficient (Wildman–Crippen LogP) is 3.42. The van der Waals surface area contributed by atoms with Gasteiger partial charge < -0.3 is 15.1 Å². The van der Waals surface area contributed by atoms with E-state index in [1.807, 2.05) is 6.92 Å². The van der Waals surface area contributed by atoms with Crippen LogP contribution in [-0.2, 0) is 0 Å². The van der Waals surface area contributed by atoms with Crippen molar-refractivity contribution in [2.45, 2.75) is 6.92 Å². The molecular formula is C15H14ClNO3. The van der Waals surface area contributed by atoms with Gasteiger partial charge in [-0.05, 0) is 37.3 Å². The summed E-state index contributed by atoms with van der Waals surface area (Å²) in [7, 11) is 0. The van der Waals surface area contributed by atoms with Crippen LogP contribution in [0.4, 0.5) is 5.69 Å². The fourth-order valence-corrected chi connectivity index (χ4v) is 2.10. The van der Waals surface area contributed by atoms with Crippen molar-refractivity contribution >= 4 is 23.2 Å². The van der Waals surface area contributed by atoms with Gasteiger partial charge in [-0.3, -0.25) is 4.79 Å². The third kappa shape index (κ3) is 2.86. The van der Waals surface area contributed by atoms with Gasteiger partial charge >= 0.3 is 0 Å². The molecule has 2 aromatic carbocycles. The smallest absolute Gasteiger partial charge is 0.262 e. The zero-order chi connectivity index (χ0) is 14.7. The third-order valence-corrected chi connectivity index (χ3v) is 3.13. The Labute approximate surface area is 121 Å². The van der Waals surface area contributed by atoms with E-state index in [4.69, 9.17) is 11.6 Å². The number of rotatable bonds is 3. The van der Waals surface area contributed by atoms with Crippen LogP contribution in [0.1, 0.15) is 17.3 Å². The van der Waals surface area contributed by atoms with Gasteiger partial charge in [-0.25, -0.2) is 0 Å². The minimum atomic E-state index is -0.354. The number of carbonyl (C=O) groups excluding carboxylic acids is 1. The quantitative estimate of drug-likeness (QED) is 0.911. The number of amides is 1. The number of aromatic hydroxyl groups is 2. The summed E-state index contributed by atoms with van der Waals surface area (Å²) in [6.45, 7) is 2.22. The molecule has 0 fully saturated rings. The van der Waals surface area contributed by atoms with E-state index in [0.717, 1.165) is 0 Å².